The molecule has 0 saturated carbocycles. The second-order valence-corrected chi connectivity index (χ2v) is 8.59. The Morgan fingerprint density at radius 3 is 2.67 bits per heavy atom. The van der Waals surface area contributed by atoms with Crippen LogP contribution >= 0.6 is 0 Å². The summed E-state index contributed by atoms with van der Waals surface area (Å²) in [5.74, 6) is 0.473. The minimum Gasteiger partial charge on any atom is -0.467 e. The maximum absolute atomic E-state index is 12.8. The molecule has 1 aliphatic rings. The van der Waals surface area contributed by atoms with Crippen LogP contribution in [-0.4, -0.2) is 38.3 Å². The van der Waals surface area contributed by atoms with E-state index in [9.17, 15) is 13.2 Å². The van der Waals surface area contributed by atoms with Crippen LogP contribution in [0, 0.1) is 0 Å². The van der Waals surface area contributed by atoms with Gasteiger partial charge in [-0.05, 0) is 50.1 Å². The summed E-state index contributed by atoms with van der Waals surface area (Å²) >= 11 is 0. The molecule has 1 amide bonds. The van der Waals surface area contributed by atoms with Gasteiger partial charge in [0.05, 0.1) is 23.7 Å². The van der Waals surface area contributed by atoms with Crippen molar-refractivity contribution >= 4 is 21.6 Å². The van der Waals surface area contributed by atoms with Crippen molar-refractivity contribution in [1.29, 1.82) is 0 Å². The molecule has 8 heteroatoms. The second kappa shape index (κ2) is 8.58. The van der Waals surface area contributed by atoms with Crippen LogP contribution in [0.1, 0.15) is 38.0 Å². The predicted molar refractivity (Wildman–Crippen MR) is 103 cm³/mol. The van der Waals surface area contributed by atoms with Crippen LogP contribution in [0.2, 0.25) is 0 Å². The minimum atomic E-state index is -3.49. The van der Waals surface area contributed by atoms with Crippen molar-refractivity contribution in [2.24, 2.45) is 0 Å². The Bertz CT molecular complexity index is 859. The molecule has 1 aromatic carbocycles. The number of benzene rings is 1. The van der Waals surface area contributed by atoms with Gasteiger partial charge < -0.3 is 15.1 Å². The first-order chi connectivity index (χ1) is 13.0. The molecule has 7 nitrogen and oxygen atoms in total. The van der Waals surface area contributed by atoms with E-state index in [0.29, 0.717) is 24.5 Å². The van der Waals surface area contributed by atoms with Gasteiger partial charge in [-0.3, -0.25) is 4.79 Å². The zero-order valence-electron chi connectivity index (χ0n) is 15.3. The van der Waals surface area contributed by atoms with Crippen LogP contribution in [0.15, 0.2) is 52.0 Å². The number of nitrogens with zero attached hydrogens (tertiary/aromatic N) is 1. The van der Waals surface area contributed by atoms with Crippen molar-refractivity contribution in [3.63, 3.8) is 0 Å². The van der Waals surface area contributed by atoms with Crippen molar-refractivity contribution in [2.75, 3.05) is 25.0 Å². The fraction of sp³-hybridized carbons (Fsp3) is 0.421. The highest BCUT2D eigenvalue weighted by molar-refractivity contribution is 7.89. The summed E-state index contributed by atoms with van der Waals surface area (Å²) in [6, 6.07) is 9.93. The number of hydrogen-bond acceptors (Lipinski definition) is 5. The van der Waals surface area contributed by atoms with Crippen molar-refractivity contribution in [1.82, 2.24) is 9.62 Å². The van der Waals surface area contributed by atoms with Crippen molar-refractivity contribution in [3.05, 3.63) is 48.4 Å². The summed E-state index contributed by atoms with van der Waals surface area (Å²) in [6.07, 6.45) is 4.42. The third kappa shape index (κ3) is 4.90. The van der Waals surface area contributed by atoms with Gasteiger partial charge in [0.25, 0.3) is 0 Å². The Balaban J connectivity index is 1.59. The number of nitrogens with one attached hydrogen (secondary N) is 2. The van der Waals surface area contributed by atoms with Gasteiger partial charge in [0.15, 0.2) is 0 Å². The van der Waals surface area contributed by atoms with Crippen LogP contribution in [0.3, 0.4) is 0 Å². The third-order valence-electron chi connectivity index (χ3n) is 4.59. The van der Waals surface area contributed by atoms with Crippen LogP contribution in [0.25, 0.3) is 0 Å². The lowest BCUT2D eigenvalue weighted by Gasteiger charge is -2.26. The minimum absolute atomic E-state index is 0.0399. The summed E-state index contributed by atoms with van der Waals surface area (Å²) in [7, 11) is -3.49. The second-order valence-electron chi connectivity index (χ2n) is 6.65. The molecule has 3 rings (SSSR count). The molecule has 0 aliphatic carbocycles. The van der Waals surface area contributed by atoms with E-state index < -0.39 is 10.0 Å². The molecule has 1 aliphatic heterocycles. The SMILES string of the molecule is CC(NC(=O)CNc1cccc(S(=O)(=O)N2CCCCC2)c1)c1ccco1. The molecule has 0 spiro atoms. The molecular weight excluding hydrogens is 366 g/mol. The average molecular weight is 391 g/mol. The van der Waals surface area contributed by atoms with E-state index in [0.717, 1.165) is 19.3 Å². The van der Waals surface area contributed by atoms with Gasteiger partial charge in [0, 0.05) is 18.8 Å². The van der Waals surface area contributed by atoms with E-state index in [1.165, 1.54) is 4.31 Å². The molecule has 146 valence electrons. The first-order valence-electron chi connectivity index (χ1n) is 9.13. The van der Waals surface area contributed by atoms with E-state index in [1.807, 2.05) is 6.92 Å². The number of hydrogen-bond donors (Lipinski definition) is 2. The Hall–Kier alpha value is -2.32. The molecule has 1 atom stereocenters. The lowest BCUT2D eigenvalue weighted by molar-refractivity contribution is -0.120. The zero-order chi connectivity index (χ0) is 19.3. The summed E-state index contributed by atoms with van der Waals surface area (Å²) in [5, 5.41) is 5.81. The highest BCUT2D eigenvalue weighted by Gasteiger charge is 2.26. The van der Waals surface area contributed by atoms with E-state index in [1.54, 1.807) is 42.7 Å². The van der Waals surface area contributed by atoms with E-state index in [2.05, 4.69) is 10.6 Å². The fourth-order valence-electron chi connectivity index (χ4n) is 3.10. The third-order valence-corrected chi connectivity index (χ3v) is 6.48. The molecule has 2 heterocycles. The quantitative estimate of drug-likeness (QED) is 0.757. The zero-order valence-corrected chi connectivity index (χ0v) is 16.2. The largest absolute Gasteiger partial charge is 0.467 e. The number of carbonyl (C=O) groups excluding carboxylic acids is 1. The van der Waals surface area contributed by atoms with Gasteiger partial charge in [0.1, 0.15) is 5.76 Å². The van der Waals surface area contributed by atoms with Gasteiger partial charge >= 0.3 is 0 Å². The Morgan fingerprint density at radius 2 is 1.96 bits per heavy atom. The summed E-state index contributed by atoms with van der Waals surface area (Å²) in [6.45, 7) is 3.00. The molecule has 0 radical (unpaired) electrons. The molecule has 27 heavy (non-hydrogen) atoms. The Morgan fingerprint density at radius 1 is 1.19 bits per heavy atom. The highest BCUT2D eigenvalue weighted by Crippen LogP contribution is 2.22. The molecule has 2 aromatic rings. The van der Waals surface area contributed by atoms with Crippen LogP contribution in [0.5, 0.6) is 0 Å². The topological polar surface area (TPSA) is 91.7 Å². The number of furan rings is 1. The van der Waals surface area contributed by atoms with Crippen molar-refractivity contribution in [3.8, 4) is 0 Å². The predicted octanol–water partition coefficient (Wildman–Crippen LogP) is 2.74. The maximum atomic E-state index is 12.8. The number of carbonyl (C=O) groups is 1. The number of anilines is 1. The maximum Gasteiger partial charge on any atom is 0.243 e. The number of amides is 1. The standard InChI is InChI=1S/C19H25N3O4S/c1-15(18-9-6-12-26-18)21-19(23)14-20-16-7-5-8-17(13-16)27(24,25)22-10-3-2-4-11-22/h5-9,12-13,15,20H,2-4,10-11,14H2,1H3,(H,21,23). The number of piperidine rings is 1. The number of rotatable bonds is 7. The lowest BCUT2D eigenvalue weighted by atomic mass is 10.2. The van der Waals surface area contributed by atoms with Crippen LogP contribution < -0.4 is 10.6 Å². The molecule has 2 N–H and O–H groups in total. The van der Waals surface area contributed by atoms with Crippen LogP contribution in [0.4, 0.5) is 5.69 Å². The van der Waals surface area contributed by atoms with Gasteiger partial charge in [-0.25, -0.2) is 8.42 Å². The fourth-order valence-corrected chi connectivity index (χ4v) is 4.67. The van der Waals surface area contributed by atoms with E-state index >= 15 is 0 Å². The van der Waals surface area contributed by atoms with E-state index in [4.69, 9.17) is 4.42 Å². The van der Waals surface area contributed by atoms with Crippen molar-refractivity contribution in [2.45, 2.75) is 37.1 Å². The van der Waals surface area contributed by atoms with Gasteiger partial charge in [-0.15, -0.1) is 0 Å². The van der Waals surface area contributed by atoms with Crippen molar-refractivity contribution < 1.29 is 17.6 Å². The first-order valence-corrected chi connectivity index (χ1v) is 10.6. The van der Waals surface area contributed by atoms with Crippen LogP contribution in [-0.2, 0) is 14.8 Å². The average Bonchev–Trinajstić information content (AvgIpc) is 3.22. The Labute approximate surface area is 159 Å². The highest BCUT2D eigenvalue weighted by atomic mass is 32.2. The number of sulfonamides is 1. The monoisotopic (exact) mass is 391 g/mol. The molecular formula is C19H25N3O4S. The summed E-state index contributed by atoms with van der Waals surface area (Å²) < 4.78 is 32.3. The lowest BCUT2D eigenvalue weighted by Crippen LogP contribution is -2.35. The van der Waals surface area contributed by atoms with Gasteiger partial charge in [-0.2, -0.15) is 4.31 Å². The summed E-state index contributed by atoms with van der Waals surface area (Å²) in [5.41, 5.74) is 0.592. The van der Waals surface area contributed by atoms with Gasteiger partial charge in [0.2, 0.25) is 15.9 Å². The molecule has 0 bridgehead atoms. The smallest absolute Gasteiger partial charge is 0.243 e. The molecule has 1 aromatic heterocycles. The first kappa shape index (κ1) is 19.4. The molecule has 1 fully saturated rings. The molecule has 1 saturated heterocycles. The van der Waals surface area contributed by atoms with E-state index in [-0.39, 0.29) is 23.4 Å². The summed E-state index contributed by atoms with van der Waals surface area (Å²) in [4.78, 5) is 12.4. The normalized spacial score (nSPS) is 16.6. The Kier molecular flexibility index (Phi) is 6.18. The van der Waals surface area contributed by atoms with Gasteiger partial charge in [-0.1, -0.05) is 12.5 Å². The molecule has 1 unspecified atom stereocenters.